The van der Waals surface area contributed by atoms with Crippen LogP contribution in [0.1, 0.15) is 11.3 Å². The Labute approximate surface area is 125 Å². The van der Waals surface area contributed by atoms with Crippen LogP contribution < -0.4 is 5.32 Å². The summed E-state index contributed by atoms with van der Waals surface area (Å²) in [5.74, 6) is -0.493. The minimum Gasteiger partial charge on any atom is -0.508 e. The van der Waals surface area contributed by atoms with Crippen LogP contribution >= 0.6 is 11.3 Å². The molecule has 1 aromatic carbocycles. The third-order valence-electron chi connectivity index (χ3n) is 2.63. The standard InChI is InChI=1S/C14H14N2O4S/c1-20-13(19)7-10-8-21-14(15-10)16-12(18)6-9-3-2-4-11(17)5-9/h2-5,8,17H,6-7H2,1H3,(H,15,16,18). The van der Waals surface area contributed by atoms with Gasteiger partial charge < -0.3 is 15.2 Å². The van der Waals surface area contributed by atoms with Crippen molar-refractivity contribution in [2.24, 2.45) is 0 Å². The predicted octanol–water partition coefficient (Wildman–Crippen LogP) is 1.75. The van der Waals surface area contributed by atoms with Crippen LogP contribution in [-0.4, -0.2) is 29.1 Å². The molecule has 0 spiro atoms. The van der Waals surface area contributed by atoms with Crippen molar-refractivity contribution in [3.63, 3.8) is 0 Å². The molecule has 0 atom stereocenters. The Kier molecular flexibility index (Phi) is 4.89. The second-order valence-electron chi connectivity index (χ2n) is 4.29. The van der Waals surface area contributed by atoms with Crippen LogP contribution in [0.25, 0.3) is 0 Å². The van der Waals surface area contributed by atoms with E-state index < -0.39 is 0 Å². The van der Waals surface area contributed by atoms with Crippen LogP contribution in [-0.2, 0) is 27.2 Å². The summed E-state index contributed by atoms with van der Waals surface area (Å²) in [6.45, 7) is 0. The van der Waals surface area contributed by atoms with Crippen LogP contribution in [0, 0.1) is 0 Å². The van der Waals surface area contributed by atoms with Gasteiger partial charge >= 0.3 is 5.97 Å². The van der Waals surface area contributed by atoms with E-state index in [2.05, 4.69) is 15.0 Å². The van der Waals surface area contributed by atoms with E-state index in [-0.39, 0.29) is 30.5 Å². The van der Waals surface area contributed by atoms with E-state index >= 15 is 0 Å². The monoisotopic (exact) mass is 306 g/mol. The number of carbonyl (C=O) groups excluding carboxylic acids is 2. The third-order valence-corrected chi connectivity index (χ3v) is 3.43. The van der Waals surface area contributed by atoms with Crippen LogP contribution in [0.15, 0.2) is 29.6 Å². The van der Waals surface area contributed by atoms with Gasteiger partial charge in [0.25, 0.3) is 0 Å². The van der Waals surface area contributed by atoms with Gasteiger partial charge in [0.15, 0.2) is 5.13 Å². The summed E-state index contributed by atoms with van der Waals surface area (Å²) in [5, 5.41) is 14.1. The zero-order valence-electron chi connectivity index (χ0n) is 11.3. The number of rotatable bonds is 5. The summed E-state index contributed by atoms with van der Waals surface area (Å²) in [7, 11) is 1.31. The lowest BCUT2D eigenvalue weighted by Gasteiger charge is -2.02. The van der Waals surface area contributed by atoms with Crippen LogP contribution in [0.5, 0.6) is 5.75 Å². The number of nitrogens with one attached hydrogen (secondary N) is 1. The zero-order valence-corrected chi connectivity index (χ0v) is 12.1. The van der Waals surface area contributed by atoms with Gasteiger partial charge in [-0.2, -0.15) is 0 Å². The molecule has 1 heterocycles. The summed E-state index contributed by atoms with van der Waals surface area (Å²) in [5.41, 5.74) is 1.26. The van der Waals surface area contributed by atoms with Crippen molar-refractivity contribution in [3.05, 3.63) is 40.9 Å². The summed E-state index contributed by atoms with van der Waals surface area (Å²) in [6, 6.07) is 6.51. The van der Waals surface area contributed by atoms with Crippen molar-refractivity contribution < 1.29 is 19.4 Å². The zero-order chi connectivity index (χ0) is 15.2. The molecule has 2 aromatic rings. The van der Waals surface area contributed by atoms with Gasteiger partial charge in [-0.25, -0.2) is 4.98 Å². The van der Waals surface area contributed by atoms with E-state index in [1.165, 1.54) is 24.5 Å². The molecule has 1 amide bonds. The maximum Gasteiger partial charge on any atom is 0.311 e. The van der Waals surface area contributed by atoms with Crippen molar-refractivity contribution in [1.82, 2.24) is 4.98 Å². The highest BCUT2D eigenvalue weighted by atomic mass is 32.1. The molecule has 6 nitrogen and oxygen atoms in total. The Balaban J connectivity index is 1.92. The molecule has 0 bridgehead atoms. The number of phenols is 1. The van der Waals surface area contributed by atoms with E-state index in [0.717, 1.165) is 0 Å². The Morgan fingerprint density at radius 3 is 2.90 bits per heavy atom. The van der Waals surface area contributed by atoms with Crippen molar-refractivity contribution in [2.75, 3.05) is 12.4 Å². The fraction of sp³-hybridized carbons (Fsp3) is 0.214. The average Bonchev–Trinajstić information content (AvgIpc) is 2.85. The maximum absolute atomic E-state index is 11.9. The molecule has 0 aliphatic rings. The number of hydrogen-bond donors (Lipinski definition) is 2. The molecule has 1 aromatic heterocycles. The third kappa shape index (κ3) is 4.57. The van der Waals surface area contributed by atoms with E-state index in [0.29, 0.717) is 16.4 Å². The number of aromatic hydroxyl groups is 1. The Hall–Kier alpha value is -2.41. The van der Waals surface area contributed by atoms with Crippen molar-refractivity contribution in [1.29, 1.82) is 0 Å². The van der Waals surface area contributed by atoms with Gasteiger partial charge in [0.1, 0.15) is 5.75 Å². The van der Waals surface area contributed by atoms with E-state index in [1.54, 1.807) is 23.6 Å². The van der Waals surface area contributed by atoms with Crippen LogP contribution in [0.2, 0.25) is 0 Å². The molecule has 0 unspecified atom stereocenters. The molecule has 0 aliphatic heterocycles. The van der Waals surface area contributed by atoms with Gasteiger partial charge in [0.2, 0.25) is 5.91 Å². The number of methoxy groups -OCH3 is 1. The van der Waals surface area contributed by atoms with Gasteiger partial charge in [0, 0.05) is 5.38 Å². The average molecular weight is 306 g/mol. The molecule has 0 saturated carbocycles. The molecule has 0 radical (unpaired) electrons. The molecule has 110 valence electrons. The molecule has 2 N–H and O–H groups in total. The molecule has 0 aliphatic carbocycles. The van der Waals surface area contributed by atoms with Crippen LogP contribution in [0.3, 0.4) is 0 Å². The minimum absolute atomic E-state index is 0.0788. The number of benzene rings is 1. The quantitative estimate of drug-likeness (QED) is 0.822. The van der Waals surface area contributed by atoms with Gasteiger partial charge in [-0.3, -0.25) is 9.59 Å². The second-order valence-corrected chi connectivity index (χ2v) is 5.15. The second kappa shape index (κ2) is 6.85. The SMILES string of the molecule is COC(=O)Cc1csc(NC(=O)Cc2cccc(O)c2)n1. The first-order valence-electron chi connectivity index (χ1n) is 6.16. The molecule has 0 saturated heterocycles. The van der Waals surface area contributed by atoms with Gasteiger partial charge in [0.05, 0.1) is 25.6 Å². The molecule has 2 rings (SSSR count). The molecule has 0 fully saturated rings. The Morgan fingerprint density at radius 2 is 2.19 bits per heavy atom. The smallest absolute Gasteiger partial charge is 0.311 e. The van der Waals surface area contributed by atoms with Crippen molar-refractivity contribution >= 4 is 28.3 Å². The topological polar surface area (TPSA) is 88.5 Å². The summed E-state index contributed by atoms with van der Waals surface area (Å²) < 4.78 is 4.55. The number of amides is 1. The number of thiazole rings is 1. The lowest BCUT2D eigenvalue weighted by Crippen LogP contribution is -2.14. The first-order valence-corrected chi connectivity index (χ1v) is 7.04. The molecule has 7 heteroatoms. The number of phenolic OH excluding ortho intramolecular Hbond substituents is 1. The number of carbonyl (C=O) groups is 2. The maximum atomic E-state index is 11.9. The number of aromatic nitrogens is 1. The summed E-state index contributed by atoms with van der Waals surface area (Å²) in [6.07, 6.45) is 0.218. The Bertz CT molecular complexity index is 654. The highest BCUT2D eigenvalue weighted by Crippen LogP contribution is 2.17. The summed E-state index contributed by atoms with van der Waals surface area (Å²) >= 11 is 1.24. The largest absolute Gasteiger partial charge is 0.508 e. The van der Waals surface area contributed by atoms with E-state index in [4.69, 9.17) is 0 Å². The molecule has 21 heavy (non-hydrogen) atoms. The number of nitrogens with zero attached hydrogens (tertiary/aromatic N) is 1. The van der Waals surface area contributed by atoms with Gasteiger partial charge in [-0.15, -0.1) is 11.3 Å². The first kappa shape index (κ1) is 15.0. The number of hydrogen-bond acceptors (Lipinski definition) is 6. The molecular weight excluding hydrogens is 292 g/mol. The highest BCUT2D eigenvalue weighted by molar-refractivity contribution is 7.13. The number of anilines is 1. The Morgan fingerprint density at radius 1 is 1.38 bits per heavy atom. The van der Waals surface area contributed by atoms with Gasteiger partial charge in [-0.1, -0.05) is 12.1 Å². The van der Waals surface area contributed by atoms with Gasteiger partial charge in [-0.05, 0) is 17.7 Å². The van der Waals surface area contributed by atoms with Crippen molar-refractivity contribution in [3.8, 4) is 5.75 Å². The van der Waals surface area contributed by atoms with Crippen LogP contribution in [0.4, 0.5) is 5.13 Å². The summed E-state index contributed by atoms with van der Waals surface area (Å²) in [4.78, 5) is 27.1. The minimum atomic E-state index is -0.377. The fourth-order valence-corrected chi connectivity index (χ4v) is 2.41. The fourth-order valence-electron chi connectivity index (χ4n) is 1.68. The lowest BCUT2D eigenvalue weighted by atomic mass is 10.1. The van der Waals surface area contributed by atoms with E-state index in [9.17, 15) is 14.7 Å². The molecular formula is C14H14N2O4S. The van der Waals surface area contributed by atoms with Crippen molar-refractivity contribution in [2.45, 2.75) is 12.8 Å². The van der Waals surface area contributed by atoms with E-state index in [1.807, 2.05) is 0 Å². The highest BCUT2D eigenvalue weighted by Gasteiger charge is 2.10. The number of ether oxygens (including phenoxy) is 1. The predicted molar refractivity (Wildman–Crippen MR) is 78.3 cm³/mol. The first-order chi connectivity index (χ1) is 10.1. The normalized spacial score (nSPS) is 10.1. The lowest BCUT2D eigenvalue weighted by molar-refractivity contribution is -0.139. The number of esters is 1.